The number of hydrogen-bond acceptors (Lipinski definition) is 4. The molecule has 1 aliphatic heterocycles. The third-order valence-corrected chi connectivity index (χ3v) is 5.89. The fourth-order valence-electron chi connectivity index (χ4n) is 4.05. The summed E-state index contributed by atoms with van der Waals surface area (Å²) in [6.45, 7) is 0. The molecule has 0 aromatic heterocycles. The largest absolute Gasteiger partial charge is 0.493 e. The zero-order valence-electron chi connectivity index (χ0n) is 18.1. The zero-order valence-corrected chi connectivity index (χ0v) is 18.8. The van der Waals surface area contributed by atoms with Gasteiger partial charge in [-0.2, -0.15) is 0 Å². The molecule has 1 atom stereocenters. The summed E-state index contributed by atoms with van der Waals surface area (Å²) in [6, 6.07) is 19.2. The van der Waals surface area contributed by atoms with E-state index in [1.165, 1.54) is 0 Å². The number of fused-ring (bicyclic) bond motifs is 1. The molecule has 6 heteroatoms. The highest BCUT2D eigenvalue weighted by molar-refractivity contribution is 6.30. The van der Waals surface area contributed by atoms with Gasteiger partial charge < -0.3 is 19.3 Å². The molecule has 3 aromatic carbocycles. The van der Waals surface area contributed by atoms with Crippen LogP contribution in [0, 0.1) is 0 Å². The van der Waals surface area contributed by atoms with E-state index in [0.717, 1.165) is 28.1 Å². The molecule has 4 rings (SSSR count). The van der Waals surface area contributed by atoms with Gasteiger partial charge in [-0.1, -0.05) is 23.7 Å². The molecule has 0 N–H and O–H groups in total. The zero-order chi connectivity index (χ0) is 22.1. The SMILES string of the molecule is COc1cc2c(cc1OC)C(c1ccc(Cl)cc1)N(c1ccc(N(C)C)cc1)C(=O)C2. The number of methoxy groups -OCH3 is 2. The van der Waals surface area contributed by atoms with Crippen LogP contribution < -0.4 is 19.3 Å². The predicted octanol–water partition coefficient (Wildman–Crippen LogP) is 5.10. The van der Waals surface area contributed by atoms with Gasteiger partial charge in [-0.15, -0.1) is 0 Å². The molecule has 0 saturated carbocycles. The summed E-state index contributed by atoms with van der Waals surface area (Å²) < 4.78 is 11.0. The molecule has 0 spiro atoms. The van der Waals surface area contributed by atoms with Crippen LogP contribution in [0.3, 0.4) is 0 Å². The van der Waals surface area contributed by atoms with E-state index in [1.54, 1.807) is 14.2 Å². The summed E-state index contributed by atoms with van der Waals surface area (Å²) in [5.74, 6) is 1.28. The minimum Gasteiger partial charge on any atom is -0.493 e. The highest BCUT2D eigenvalue weighted by Gasteiger charge is 2.36. The van der Waals surface area contributed by atoms with Gasteiger partial charge in [0.15, 0.2) is 11.5 Å². The number of hydrogen-bond donors (Lipinski definition) is 0. The van der Waals surface area contributed by atoms with E-state index in [9.17, 15) is 4.79 Å². The summed E-state index contributed by atoms with van der Waals surface area (Å²) in [5.41, 5.74) is 4.83. The lowest BCUT2D eigenvalue weighted by molar-refractivity contribution is -0.118. The average molecular weight is 437 g/mol. The Bertz CT molecular complexity index is 1100. The summed E-state index contributed by atoms with van der Waals surface area (Å²) >= 11 is 6.15. The van der Waals surface area contributed by atoms with Crippen LogP contribution in [-0.2, 0) is 11.2 Å². The molecule has 0 fully saturated rings. The monoisotopic (exact) mass is 436 g/mol. The number of amides is 1. The predicted molar refractivity (Wildman–Crippen MR) is 125 cm³/mol. The first-order valence-electron chi connectivity index (χ1n) is 10.0. The minimum absolute atomic E-state index is 0.0253. The van der Waals surface area contributed by atoms with Gasteiger partial charge in [0.25, 0.3) is 0 Å². The van der Waals surface area contributed by atoms with E-state index in [2.05, 4.69) is 0 Å². The van der Waals surface area contributed by atoms with Crippen molar-refractivity contribution in [3.8, 4) is 11.5 Å². The van der Waals surface area contributed by atoms with E-state index >= 15 is 0 Å². The van der Waals surface area contributed by atoms with Crippen LogP contribution in [0.15, 0.2) is 60.7 Å². The van der Waals surface area contributed by atoms with Crippen molar-refractivity contribution in [2.45, 2.75) is 12.5 Å². The Labute approximate surface area is 187 Å². The summed E-state index contributed by atoms with van der Waals surface area (Å²) in [5, 5.41) is 0.653. The quantitative estimate of drug-likeness (QED) is 0.558. The van der Waals surface area contributed by atoms with Gasteiger partial charge in [0.1, 0.15) is 0 Å². The van der Waals surface area contributed by atoms with E-state index in [1.807, 2.05) is 84.6 Å². The molecule has 5 nitrogen and oxygen atoms in total. The number of carbonyl (C=O) groups is 1. The molecule has 0 aliphatic carbocycles. The van der Waals surface area contributed by atoms with Crippen LogP contribution in [-0.4, -0.2) is 34.2 Å². The van der Waals surface area contributed by atoms with E-state index in [-0.39, 0.29) is 18.4 Å². The maximum atomic E-state index is 13.4. The second kappa shape index (κ2) is 8.52. The molecule has 3 aromatic rings. The van der Waals surface area contributed by atoms with Gasteiger partial charge in [0.2, 0.25) is 5.91 Å². The van der Waals surface area contributed by atoms with Gasteiger partial charge >= 0.3 is 0 Å². The van der Waals surface area contributed by atoms with Crippen molar-refractivity contribution in [3.63, 3.8) is 0 Å². The Kier molecular flexibility index (Phi) is 5.79. The molecule has 0 radical (unpaired) electrons. The lowest BCUT2D eigenvalue weighted by atomic mass is 9.87. The fourth-order valence-corrected chi connectivity index (χ4v) is 4.18. The van der Waals surface area contributed by atoms with E-state index in [0.29, 0.717) is 16.5 Å². The van der Waals surface area contributed by atoms with Crippen molar-refractivity contribution >= 4 is 28.9 Å². The maximum Gasteiger partial charge on any atom is 0.232 e. The standard InChI is InChI=1S/C25H25ClN2O3/c1-27(2)19-9-11-20(12-10-19)28-24(29)14-17-13-22(30-3)23(31-4)15-21(17)25(28)16-5-7-18(26)8-6-16/h5-13,15,25H,14H2,1-4H3. The Morgan fingerprint density at radius 2 is 1.55 bits per heavy atom. The molecule has 1 aliphatic rings. The van der Waals surface area contributed by atoms with E-state index in [4.69, 9.17) is 21.1 Å². The van der Waals surface area contributed by atoms with E-state index < -0.39 is 0 Å². The lowest BCUT2D eigenvalue weighted by Crippen LogP contribution is -2.41. The molecule has 0 bridgehead atoms. The maximum absolute atomic E-state index is 13.4. The Hall–Kier alpha value is -3.18. The van der Waals surface area contributed by atoms with Crippen LogP contribution >= 0.6 is 11.6 Å². The number of benzene rings is 3. The van der Waals surface area contributed by atoms with Gasteiger partial charge in [0, 0.05) is 30.5 Å². The molecular formula is C25H25ClN2O3. The van der Waals surface area contributed by atoms with Crippen LogP contribution in [0.4, 0.5) is 11.4 Å². The van der Waals surface area contributed by atoms with Crippen molar-refractivity contribution in [2.75, 3.05) is 38.1 Å². The van der Waals surface area contributed by atoms with Gasteiger partial charge in [-0.25, -0.2) is 0 Å². The average Bonchev–Trinajstić information content (AvgIpc) is 2.78. The second-order valence-electron chi connectivity index (χ2n) is 7.71. The summed E-state index contributed by atoms with van der Waals surface area (Å²) in [4.78, 5) is 17.3. The van der Waals surface area contributed by atoms with Crippen LogP contribution in [0.1, 0.15) is 22.7 Å². The Morgan fingerprint density at radius 3 is 2.13 bits per heavy atom. The Balaban J connectivity index is 1.90. The highest BCUT2D eigenvalue weighted by Crippen LogP contribution is 2.43. The van der Waals surface area contributed by atoms with Gasteiger partial charge in [0.05, 0.1) is 26.7 Å². The first-order chi connectivity index (χ1) is 14.9. The van der Waals surface area contributed by atoms with Crippen LogP contribution in [0.25, 0.3) is 0 Å². The number of nitrogens with zero attached hydrogens (tertiary/aromatic N) is 2. The number of halogens is 1. The molecule has 1 unspecified atom stereocenters. The Morgan fingerprint density at radius 1 is 0.935 bits per heavy atom. The summed E-state index contributed by atoms with van der Waals surface area (Å²) in [6.07, 6.45) is 0.287. The molecule has 1 heterocycles. The number of anilines is 2. The summed E-state index contributed by atoms with van der Waals surface area (Å²) in [7, 11) is 7.21. The fraction of sp³-hybridized carbons (Fsp3) is 0.240. The molecule has 31 heavy (non-hydrogen) atoms. The van der Waals surface area contributed by atoms with Crippen LogP contribution in [0.2, 0.25) is 5.02 Å². The lowest BCUT2D eigenvalue weighted by Gasteiger charge is -2.38. The molecule has 0 saturated heterocycles. The van der Waals surface area contributed by atoms with Gasteiger partial charge in [-0.3, -0.25) is 4.79 Å². The third-order valence-electron chi connectivity index (χ3n) is 5.64. The number of carbonyl (C=O) groups excluding carboxylic acids is 1. The molecule has 160 valence electrons. The minimum atomic E-state index is -0.307. The normalized spacial score (nSPS) is 15.5. The van der Waals surface area contributed by atoms with Crippen molar-refractivity contribution in [3.05, 3.63) is 82.4 Å². The van der Waals surface area contributed by atoms with Crippen molar-refractivity contribution in [1.82, 2.24) is 0 Å². The number of ether oxygens (including phenoxy) is 2. The number of rotatable bonds is 5. The van der Waals surface area contributed by atoms with Gasteiger partial charge in [-0.05, 0) is 65.2 Å². The highest BCUT2D eigenvalue weighted by atomic mass is 35.5. The van der Waals surface area contributed by atoms with Crippen LogP contribution in [0.5, 0.6) is 11.5 Å². The van der Waals surface area contributed by atoms with Crippen molar-refractivity contribution in [1.29, 1.82) is 0 Å². The smallest absolute Gasteiger partial charge is 0.232 e. The molecular weight excluding hydrogens is 412 g/mol. The third kappa shape index (κ3) is 3.93. The topological polar surface area (TPSA) is 42.0 Å². The van der Waals surface area contributed by atoms with Crippen molar-refractivity contribution < 1.29 is 14.3 Å². The first kappa shape index (κ1) is 21.1. The van der Waals surface area contributed by atoms with Crippen molar-refractivity contribution in [2.24, 2.45) is 0 Å². The first-order valence-corrected chi connectivity index (χ1v) is 10.4. The molecule has 1 amide bonds. The second-order valence-corrected chi connectivity index (χ2v) is 8.15.